The number of nitrogens with zero attached hydrogens (tertiary/aromatic N) is 1. The van der Waals surface area contributed by atoms with Gasteiger partial charge in [-0.3, -0.25) is 4.79 Å². The summed E-state index contributed by atoms with van der Waals surface area (Å²) in [5.41, 5.74) is 1.08. The van der Waals surface area contributed by atoms with Crippen LogP contribution in [0.4, 0.5) is 0 Å². The minimum Gasteiger partial charge on any atom is -0.375 e. The largest absolute Gasteiger partial charge is 0.375 e. The number of thiophene rings is 1. The van der Waals surface area contributed by atoms with E-state index in [2.05, 4.69) is 6.92 Å². The van der Waals surface area contributed by atoms with E-state index in [1.807, 2.05) is 23.3 Å². The van der Waals surface area contributed by atoms with Gasteiger partial charge < -0.3 is 9.64 Å². The number of hydrogen-bond donors (Lipinski definition) is 0. The summed E-state index contributed by atoms with van der Waals surface area (Å²) in [5.74, 6) is 0.161. The average Bonchev–Trinajstić information content (AvgIpc) is 2.74. The van der Waals surface area contributed by atoms with Crippen LogP contribution >= 0.6 is 11.3 Å². The number of hydrogen-bond acceptors (Lipinski definition) is 3. The van der Waals surface area contributed by atoms with Crippen molar-refractivity contribution in [3.8, 4) is 0 Å². The molecule has 0 aliphatic carbocycles. The standard InChI is InChI=1S/C12H17NO2S/c1-3-10-8-13(5-6-15-10)12(14)11-9(2)4-7-16-11/h4,7,10H,3,5-6,8H2,1-2H3. The first-order chi connectivity index (χ1) is 7.72. The Morgan fingerprint density at radius 3 is 3.12 bits per heavy atom. The van der Waals surface area contributed by atoms with Crippen molar-refractivity contribution in [2.24, 2.45) is 0 Å². The summed E-state index contributed by atoms with van der Waals surface area (Å²) in [6.07, 6.45) is 1.17. The Morgan fingerprint density at radius 2 is 2.50 bits per heavy atom. The van der Waals surface area contributed by atoms with E-state index in [1.54, 1.807) is 0 Å². The summed E-state index contributed by atoms with van der Waals surface area (Å²) in [6.45, 7) is 6.19. The molecule has 2 heterocycles. The highest BCUT2D eigenvalue weighted by Gasteiger charge is 2.25. The number of amides is 1. The van der Waals surface area contributed by atoms with Gasteiger partial charge in [0.1, 0.15) is 0 Å². The molecule has 1 fully saturated rings. The quantitative estimate of drug-likeness (QED) is 0.792. The van der Waals surface area contributed by atoms with E-state index in [1.165, 1.54) is 11.3 Å². The number of rotatable bonds is 2. The minimum absolute atomic E-state index is 0.161. The van der Waals surface area contributed by atoms with Crippen molar-refractivity contribution >= 4 is 17.2 Å². The number of ether oxygens (including phenoxy) is 1. The summed E-state index contributed by atoms with van der Waals surface area (Å²) in [5, 5.41) is 1.97. The molecule has 1 saturated heterocycles. The maximum absolute atomic E-state index is 12.2. The molecule has 2 rings (SSSR count). The van der Waals surface area contributed by atoms with Gasteiger partial charge in [0.2, 0.25) is 0 Å². The van der Waals surface area contributed by atoms with Gasteiger partial charge in [-0.1, -0.05) is 6.92 Å². The minimum atomic E-state index is 0.161. The molecule has 0 aromatic carbocycles. The molecule has 0 bridgehead atoms. The molecule has 1 aromatic heterocycles. The van der Waals surface area contributed by atoms with E-state index in [-0.39, 0.29) is 12.0 Å². The lowest BCUT2D eigenvalue weighted by molar-refractivity contribution is -0.0224. The molecule has 1 aliphatic heterocycles. The van der Waals surface area contributed by atoms with Crippen LogP contribution in [0.25, 0.3) is 0 Å². The second kappa shape index (κ2) is 4.97. The molecule has 16 heavy (non-hydrogen) atoms. The molecular formula is C12H17NO2S. The Kier molecular flexibility index (Phi) is 3.61. The zero-order chi connectivity index (χ0) is 11.5. The number of aryl methyl sites for hydroxylation is 1. The highest BCUT2D eigenvalue weighted by Crippen LogP contribution is 2.19. The summed E-state index contributed by atoms with van der Waals surface area (Å²) in [6, 6.07) is 2.00. The maximum Gasteiger partial charge on any atom is 0.264 e. The first-order valence-electron chi connectivity index (χ1n) is 5.67. The zero-order valence-corrected chi connectivity index (χ0v) is 10.5. The van der Waals surface area contributed by atoms with Gasteiger partial charge in [0.15, 0.2) is 0 Å². The lowest BCUT2D eigenvalue weighted by atomic mass is 10.2. The first kappa shape index (κ1) is 11.6. The Bertz CT molecular complexity index is 375. The molecule has 1 aliphatic rings. The smallest absolute Gasteiger partial charge is 0.264 e. The van der Waals surface area contributed by atoms with E-state index in [4.69, 9.17) is 4.74 Å². The van der Waals surface area contributed by atoms with Crippen LogP contribution in [0.5, 0.6) is 0 Å². The van der Waals surface area contributed by atoms with Crippen molar-refractivity contribution in [1.82, 2.24) is 4.90 Å². The van der Waals surface area contributed by atoms with Crippen LogP contribution in [-0.2, 0) is 4.74 Å². The molecule has 88 valence electrons. The Balaban J connectivity index is 2.07. The van der Waals surface area contributed by atoms with Crippen molar-refractivity contribution in [2.45, 2.75) is 26.4 Å². The van der Waals surface area contributed by atoms with Crippen molar-refractivity contribution in [3.05, 3.63) is 21.9 Å². The zero-order valence-electron chi connectivity index (χ0n) is 9.73. The topological polar surface area (TPSA) is 29.5 Å². The molecule has 0 radical (unpaired) electrons. The van der Waals surface area contributed by atoms with Gasteiger partial charge in [0.05, 0.1) is 17.6 Å². The van der Waals surface area contributed by atoms with Crippen molar-refractivity contribution < 1.29 is 9.53 Å². The van der Waals surface area contributed by atoms with Gasteiger partial charge in [0.25, 0.3) is 5.91 Å². The highest BCUT2D eigenvalue weighted by atomic mass is 32.1. The van der Waals surface area contributed by atoms with Crippen LogP contribution in [0.2, 0.25) is 0 Å². The van der Waals surface area contributed by atoms with E-state index in [0.717, 1.165) is 23.4 Å². The van der Waals surface area contributed by atoms with Crippen LogP contribution in [-0.4, -0.2) is 36.6 Å². The van der Waals surface area contributed by atoms with Crippen molar-refractivity contribution in [3.63, 3.8) is 0 Å². The van der Waals surface area contributed by atoms with Gasteiger partial charge in [-0.05, 0) is 30.4 Å². The van der Waals surface area contributed by atoms with Gasteiger partial charge in [0, 0.05) is 13.1 Å². The third-order valence-corrected chi connectivity index (χ3v) is 3.94. The lowest BCUT2D eigenvalue weighted by Crippen LogP contribution is -2.45. The molecule has 4 heteroatoms. The third-order valence-electron chi connectivity index (χ3n) is 2.94. The van der Waals surface area contributed by atoms with Crippen LogP contribution < -0.4 is 0 Å². The predicted molar refractivity (Wildman–Crippen MR) is 65.0 cm³/mol. The maximum atomic E-state index is 12.2. The van der Waals surface area contributed by atoms with Crippen LogP contribution in [0.1, 0.15) is 28.6 Å². The van der Waals surface area contributed by atoms with Crippen LogP contribution in [0.3, 0.4) is 0 Å². The summed E-state index contributed by atoms with van der Waals surface area (Å²) in [4.78, 5) is 15.0. The fraction of sp³-hybridized carbons (Fsp3) is 0.583. The molecule has 0 saturated carbocycles. The summed E-state index contributed by atoms with van der Waals surface area (Å²) < 4.78 is 5.56. The Labute approximate surface area is 100 Å². The number of carbonyl (C=O) groups excluding carboxylic acids is 1. The fourth-order valence-electron chi connectivity index (χ4n) is 1.89. The highest BCUT2D eigenvalue weighted by molar-refractivity contribution is 7.12. The summed E-state index contributed by atoms with van der Waals surface area (Å²) >= 11 is 1.53. The van der Waals surface area contributed by atoms with E-state index < -0.39 is 0 Å². The molecule has 1 unspecified atom stereocenters. The van der Waals surface area contributed by atoms with Gasteiger partial charge in [-0.25, -0.2) is 0 Å². The molecule has 0 N–H and O–H groups in total. The predicted octanol–water partition coefficient (Wildman–Crippen LogP) is 2.31. The molecular weight excluding hydrogens is 222 g/mol. The SMILES string of the molecule is CCC1CN(C(=O)c2sccc2C)CCO1. The van der Waals surface area contributed by atoms with Crippen molar-refractivity contribution in [1.29, 1.82) is 0 Å². The second-order valence-corrected chi connectivity index (χ2v) is 5.00. The van der Waals surface area contributed by atoms with Gasteiger partial charge >= 0.3 is 0 Å². The molecule has 1 amide bonds. The fourth-order valence-corrected chi connectivity index (χ4v) is 2.78. The number of carbonyl (C=O) groups is 1. The normalized spacial score (nSPS) is 21.1. The summed E-state index contributed by atoms with van der Waals surface area (Å²) in [7, 11) is 0. The second-order valence-electron chi connectivity index (χ2n) is 4.08. The van der Waals surface area contributed by atoms with Gasteiger partial charge in [-0.15, -0.1) is 11.3 Å². The van der Waals surface area contributed by atoms with E-state index >= 15 is 0 Å². The average molecular weight is 239 g/mol. The number of morpholine rings is 1. The molecule has 0 spiro atoms. The van der Waals surface area contributed by atoms with Crippen molar-refractivity contribution in [2.75, 3.05) is 19.7 Å². The first-order valence-corrected chi connectivity index (χ1v) is 6.55. The monoisotopic (exact) mass is 239 g/mol. The Hall–Kier alpha value is -0.870. The molecule has 3 nitrogen and oxygen atoms in total. The van der Waals surface area contributed by atoms with Crippen LogP contribution in [0.15, 0.2) is 11.4 Å². The molecule has 1 aromatic rings. The van der Waals surface area contributed by atoms with Crippen LogP contribution in [0, 0.1) is 6.92 Å². The van der Waals surface area contributed by atoms with Gasteiger partial charge in [-0.2, -0.15) is 0 Å². The third kappa shape index (κ3) is 2.28. The molecule has 1 atom stereocenters. The lowest BCUT2D eigenvalue weighted by Gasteiger charge is -2.32. The Morgan fingerprint density at radius 1 is 1.69 bits per heavy atom. The van der Waals surface area contributed by atoms with E-state index in [0.29, 0.717) is 13.2 Å². The van der Waals surface area contributed by atoms with E-state index in [9.17, 15) is 4.79 Å².